The van der Waals surface area contributed by atoms with Crippen LogP contribution < -0.4 is 5.32 Å². The van der Waals surface area contributed by atoms with Crippen LogP contribution in [0.15, 0.2) is 29.6 Å². The van der Waals surface area contributed by atoms with Crippen molar-refractivity contribution in [2.24, 2.45) is 0 Å². The van der Waals surface area contributed by atoms with Crippen molar-refractivity contribution < 1.29 is 14.3 Å². The summed E-state index contributed by atoms with van der Waals surface area (Å²) in [5, 5.41) is 15.1. The monoisotopic (exact) mass is 334 g/mol. The Bertz CT molecular complexity index is 663. The van der Waals surface area contributed by atoms with Gasteiger partial charge in [0.15, 0.2) is 0 Å². The quantitative estimate of drug-likeness (QED) is 0.904. The molecule has 0 spiro atoms. The molecule has 0 bridgehead atoms. The van der Waals surface area contributed by atoms with E-state index in [-0.39, 0.29) is 23.9 Å². The number of aromatic nitrogens is 1. The van der Waals surface area contributed by atoms with E-state index in [9.17, 15) is 14.3 Å². The van der Waals surface area contributed by atoms with Gasteiger partial charge in [-0.2, -0.15) is 0 Å². The first-order valence-electron chi connectivity index (χ1n) is 7.78. The average Bonchev–Trinajstić information content (AvgIpc) is 3.00. The summed E-state index contributed by atoms with van der Waals surface area (Å²) in [6.07, 6.45) is 3.44. The summed E-state index contributed by atoms with van der Waals surface area (Å²) in [7, 11) is 0. The molecule has 1 saturated carbocycles. The second-order valence-corrected chi connectivity index (χ2v) is 6.85. The van der Waals surface area contributed by atoms with Crippen molar-refractivity contribution in [1.29, 1.82) is 0 Å². The maximum absolute atomic E-state index is 12.9. The third-order valence-electron chi connectivity index (χ3n) is 4.08. The van der Waals surface area contributed by atoms with E-state index in [0.29, 0.717) is 12.1 Å². The van der Waals surface area contributed by atoms with Gasteiger partial charge in [-0.05, 0) is 43.4 Å². The minimum Gasteiger partial charge on any atom is -0.393 e. The number of hydrogen-bond donors (Lipinski definition) is 2. The number of carbonyl (C=O) groups excluding carboxylic acids is 1. The summed E-state index contributed by atoms with van der Waals surface area (Å²) in [6.45, 7) is 0. The Labute approximate surface area is 138 Å². The molecule has 0 aliphatic heterocycles. The second kappa shape index (κ2) is 7.19. The molecular formula is C17H19FN2O2S. The van der Waals surface area contributed by atoms with Gasteiger partial charge in [0.05, 0.1) is 11.1 Å². The van der Waals surface area contributed by atoms with Gasteiger partial charge in [0.25, 0.3) is 5.91 Å². The number of halogens is 1. The smallest absolute Gasteiger partial charge is 0.270 e. The van der Waals surface area contributed by atoms with Crippen LogP contribution in [0.25, 0.3) is 0 Å². The van der Waals surface area contributed by atoms with Gasteiger partial charge in [-0.3, -0.25) is 4.79 Å². The fourth-order valence-corrected chi connectivity index (χ4v) is 3.56. The summed E-state index contributed by atoms with van der Waals surface area (Å²) in [6, 6.07) is 6.42. The Morgan fingerprint density at radius 1 is 1.26 bits per heavy atom. The lowest BCUT2D eigenvalue weighted by Gasteiger charge is -2.25. The lowest BCUT2D eigenvalue weighted by atomic mass is 9.93. The highest BCUT2D eigenvalue weighted by Gasteiger charge is 2.22. The van der Waals surface area contributed by atoms with Gasteiger partial charge in [-0.25, -0.2) is 9.37 Å². The van der Waals surface area contributed by atoms with Crippen LogP contribution in [0, 0.1) is 5.82 Å². The highest BCUT2D eigenvalue weighted by Crippen LogP contribution is 2.20. The zero-order valence-corrected chi connectivity index (χ0v) is 13.5. The minimum atomic E-state index is -0.259. The Morgan fingerprint density at radius 3 is 2.65 bits per heavy atom. The van der Waals surface area contributed by atoms with E-state index >= 15 is 0 Å². The van der Waals surface area contributed by atoms with Crippen molar-refractivity contribution in [2.45, 2.75) is 44.2 Å². The van der Waals surface area contributed by atoms with E-state index in [2.05, 4.69) is 10.3 Å². The highest BCUT2D eigenvalue weighted by atomic mass is 32.1. The minimum absolute atomic E-state index is 0.119. The van der Waals surface area contributed by atoms with Crippen LogP contribution in [0.2, 0.25) is 0 Å². The average molecular weight is 334 g/mol. The predicted octanol–water partition coefficient (Wildman–Crippen LogP) is 2.91. The fourth-order valence-electron chi connectivity index (χ4n) is 2.75. The number of nitrogens with zero attached hydrogens (tertiary/aromatic N) is 1. The molecule has 1 aliphatic carbocycles. The topological polar surface area (TPSA) is 62.2 Å². The molecule has 0 saturated heterocycles. The van der Waals surface area contributed by atoms with Crippen molar-refractivity contribution >= 4 is 17.2 Å². The van der Waals surface area contributed by atoms with Crippen LogP contribution in [-0.4, -0.2) is 28.1 Å². The van der Waals surface area contributed by atoms with Gasteiger partial charge < -0.3 is 10.4 Å². The number of rotatable bonds is 4. The summed E-state index contributed by atoms with van der Waals surface area (Å²) in [5.41, 5.74) is 1.40. The van der Waals surface area contributed by atoms with Crippen molar-refractivity contribution in [2.75, 3.05) is 0 Å². The summed E-state index contributed by atoms with van der Waals surface area (Å²) in [5.74, 6) is -0.418. The molecule has 0 atom stereocenters. The molecule has 1 aromatic heterocycles. The lowest BCUT2D eigenvalue weighted by molar-refractivity contribution is 0.0863. The first kappa shape index (κ1) is 16.1. The molecule has 0 radical (unpaired) electrons. The number of benzene rings is 1. The van der Waals surface area contributed by atoms with E-state index in [1.165, 1.54) is 23.5 Å². The van der Waals surface area contributed by atoms with Crippen LogP contribution in [0.1, 0.15) is 46.7 Å². The number of thiazole rings is 1. The zero-order chi connectivity index (χ0) is 16.2. The third-order valence-corrected chi connectivity index (χ3v) is 4.93. The maximum atomic E-state index is 12.9. The van der Waals surface area contributed by atoms with E-state index in [4.69, 9.17) is 0 Å². The van der Waals surface area contributed by atoms with Gasteiger partial charge in [-0.15, -0.1) is 11.3 Å². The van der Waals surface area contributed by atoms with Gasteiger partial charge in [0, 0.05) is 17.8 Å². The van der Waals surface area contributed by atoms with Crippen LogP contribution in [0.3, 0.4) is 0 Å². The summed E-state index contributed by atoms with van der Waals surface area (Å²) < 4.78 is 12.9. The second-order valence-electron chi connectivity index (χ2n) is 5.91. The number of carbonyl (C=O) groups is 1. The van der Waals surface area contributed by atoms with Crippen molar-refractivity contribution in [3.05, 3.63) is 51.7 Å². The number of amides is 1. The molecule has 6 heteroatoms. The standard InChI is InChI=1S/C17H19FN2O2S/c18-12-3-1-11(2-4-12)9-16-20-15(10-23-16)17(22)19-13-5-7-14(21)8-6-13/h1-4,10,13-14,21H,5-9H2,(H,19,22). The van der Waals surface area contributed by atoms with E-state index in [0.717, 1.165) is 36.3 Å². The first-order chi connectivity index (χ1) is 11.1. The largest absolute Gasteiger partial charge is 0.393 e. The molecule has 3 rings (SSSR count). The molecule has 4 nitrogen and oxygen atoms in total. The number of hydrogen-bond acceptors (Lipinski definition) is 4. The zero-order valence-electron chi connectivity index (χ0n) is 12.7. The third kappa shape index (κ3) is 4.36. The van der Waals surface area contributed by atoms with Gasteiger partial charge in [-0.1, -0.05) is 12.1 Å². The maximum Gasteiger partial charge on any atom is 0.270 e. The van der Waals surface area contributed by atoms with Crippen molar-refractivity contribution in [1.82, 2.24) is 10.3 Å². The van der Waals surface area contributed by atoms with Crippen molar-refractivity contribution in [3.63, 3.8) is 0 Å². The molecule has 2 N–H and O–H groups in total. The molecule has 2 aromatic rings. The highest BCUT2D eigenvalue weighted by molar-refractivity contribution is 7.09. The van der Waals surface area contributed by atoms with Crippen molar-refractivity contribution in [3.8, 4) is 0 Å². The molecular weight excluding hydrogens is 315 g/mol. The Hall–Kier alpha value is -1.79. The molecule has 1 aliphatic rings. The van der Waals surface area contributed by atoms with Gasteiger partial charge in [0.1, 0.15) is 11.5 Å². The predicted molar refractivity (Wildman–Crippen MR) is 87.0 cm³/mol. The lowest BCUT2D eigenvalue weighted by Crippen LogP contribution is -2.38. The van der Waals surface area contributed by atoms with E-state index < -0.39 is 0 Å². The summed E-state index contributed by atoms with van der Waals surface area (Å²) >= 11 is 1.43. The molecule has 0 unspecified atom stereocenters. The number of aliphatic hydroxyl groups is 1. The van der Waals surface area contributed by atoms with Crippen LogP contribution >= 0.6 is 11.3 Å². The van der Waals surface area contributed by atoms with E-state index in [1.54, 1.807) is 17.5 Å². The Balaban J connectivity index is 1.57. The summed E-state index contributed by atoms with van der Waals surface area (Å²) in [4.78, 5) is 16.6. The Morgan fingerprint density at radius 2 is 1.96 bits per heavy atom. The molecule has 122 valence electrons. The normalized spacial score (nSPS) is 21.1. The van der Waals surface area contributed by atoms with Crippen LogP contribution in [0.5, 0.6) is 0 Å². The number of aliphatic hydroxyl groups excluding tert-OH is 1. The Kier molecular flexibility index (Phi) is 5.03. The fraction of sp³-hybridized carbons (Fsp3) is 0.412. The van der Waals surface area contributed by atoms with Gasteiger partial charge in [0.2, 0.25) is 0 Å². The van der Waals surface area contributed by atoms with Crippen LogP contribution in [-0.2, 0) is 6.42 Å². The molecule has 1 heterocycles. The SMILES string of the molecule is O=C(NC1CCC(O)CC1)c1csc(Cc2ccc(F)cc2)n1. The van der Waals surface area contributed by atoms with Gasteiger partial charge >= 0.3 is 0 Å². The van der Waals surface area contributed by atoms with Crippen LogP contribution in [0.4, 0.5) is 4.39 Å². The first-order valence-corrected chi connectivity index (χ1v) is 8.66. The van der Waals surface area contributed by atoms with E-state index in [1.807, 2.05) is 0 Å². The molecule has 23 heavy (non-hydrogen) atoms. The molecule has 1 fully saturated rings. The molecule has 1 amide bonds. The number of nitrogens with one attached hydrogen (secondary N) is 1. The molecule has 1 aromatic carbocycles.